The Balaban J connectivity index is 2.53. The van der Waals surface area contributed by atoms with Crippen LogP contribution in [0.2, 0.25) is 0 Å². The summed E-state index contributed by atoms with van der Waals surface area (Å²) in [7, 11) is 0. The van der Waals surface area contributed by atoms with Gasteiger partial charge in [0.05, 0.1) is 11.4 Å². The zero-order valence-electron chi connectivity index (χ0n) is 8.69. The van der Waals surface area contributed by atoms with Gasteiger partial charge in [-0.15, -0.1) is 0 Å². The summed E-state index contributed by atoms with van der Waals surface area (Å²) in [6, 6.07) is 1.90. The van der Waals surface area contributed by atoms with E-state index in [1.807, 2.05) is 23.9 Å². The first-order valence-corrected chi connectivity index (χ1v) is 5.21. The highest BCUT2D eigenvalue weighted by molar-refractivity contribution is 7.71. The number of aryl methyl sites for hydroxylation is 2. The average Bonchev–Trinajstić information content (AvgIpc) is 2.60. The Kier molecular flexibility index (Phi) is 2.64. The van der Waals surface area contributed by atoms with Crippen LogP contribution >= 0.6 is 12.2 Å². The summed E-state index contributed by atoms with van der Waals surface area (Å²) in [6.45, 7) is 4.91. The van der Waals surface area contributed by atoms with E-state index < -0.39 is 0 Å². The van der Waals surface area contributed by atoms with Gasteiger partial charge in [0.15, 0.2) is 4.77 Å². The van der Waals surface area contributed by atoms with Crippen LogP contribution in [0.3, 0.4) is 0 Å². The molecule has 0 fully saturated rings. The molecule has 0 unspecified atom stereocenters. The first-order valence-electron chi connectivity index (χ1n) is 4.80. The number of hydrogen-bond donors (Lipinski definition) is 1. The minimum Gasteiger partial charge on any atom is -0.330 e. The molecule has 2 rings (SSSR count). The quantitative estimate of drug-likeness (QED) is 0.790. The van der Waals surface area contributed by atoms with Crippen molar-refractivity contribution in [3.8, 4) is 11.3 Å². The van der Waals surface area contributed by atoms with Crippen LogP contribution in [0.1, 0.15) is 12.6 Å². The molecule has 0 spiro atoms. The van der Waals surface area contributed by atoms with Crippen LogP contribution in [0.15, 0.2) is 18.5 Å². The fourth-order valence-electron chi connectivity index (χ4n) is 1.47. The van der Waals surface area contributed by atoms with Crippen molar-refractivity contribution in [2.24, 2.45) is 0 Å². The van der Waals surface area contributed by atoms with Crippen LogP contribution in [0.5, 0.6) is 0 Å². The van der Waals surface area contributed by atoms with Gasteiger partial charge in [0.25, 0.3) is 0 Å². The lowest BCUT2D eigenvalue weighted by Crippen LogP contribution is -1.93. The number of H-pyrrole nitrogens is 1. The van der Waals surface area contributed by atoms with Crippen LogP contribution < -0.4 is 0 Å². The molecule has 0 bridgehead atoms. The molecule has 2 aromatic heterocycles. The molecule has 0 amide bonds. The Morgan fingerprint density at radius 3 is 2.93 bits per heavy atom. The SMILES string of the molecule is CCn1cc(-c2ccnc(=S)[nH]2)c(C)n1. The molecule has 2 heterocycles. The third kappa shape index (κ3) is 1.97. The largest absolute Gasteiger partial charge is 0.330 e. The summed E-state index contributed by atoms with van der Waals surface area (Å²) in [5, 5.41) is 4.38. The van der Waals surface area contributed by atoms with Crippen molar-refractivity contribution in [2.75, 3.05) is 0 Å². The monoisotopic (exact) mass is 220 g/mol. The summed E-state index contributed by atoms with van der Waals surface area (Å²) in [4.78, 5) is 7.01. The van der Waals surface area contributed by atoms with E-state index in [-0.39, 0.29) is 0 Å². The van der Waals surface area contributed by atoms with Crippen molar-refractivity contribution in [2.45, 2.75) is 20.4 Å². The van der Waals surface area contributed by atoms with E-state index in [1.165, 1.54) is 0 Å². The lowest BCUT2D eigenvalue weighted by atomic mass is 10.2. The van der Waals surface area contributed by atoms with Gasteiger partial charge in [-0.25, -0.2) is 4.98 Å². The predicted molar refractivity (Wildman–Crippen MR) is 61.1 cm³/mol. The van der Waals surface area contributed by atoms with E-state index >= 15 is 0 Å². The molecule has 0 aromatic carbocycles. The minimum absolute atomic E-state index is 0.496. The van der Waals surface area contributed by atoms with Gasteiger partial charge in [0.2, 0.25) is 0 Å². The van der Waals surface area contributed by atoms with Crippen molar-refractivity contribution >= 4 is 12.2 Å². The smallest absolute Gasteiger partial charge is 0.197 e. The van der Waals surface area contributed by atoms with Gasteiger partial charge in [0.1, 0.15) is 0 Å². The number of aromatic nitrogens is 4. The van der Waals surface area contributed by atoms with Crippen molar-refractivity contribution in [3.63, 3.8) is 0 Å². The standard InChI is InChI=1S/C10H12N4S/c1-3-14-6-8(7(2)13-14)9-4-5-11-10(15)12-9/h4-6H,3H2,1-2H3,(H,11,12,15). The third-order valence-corrected chi connectivity index (χ3v) is 2.44. The van der Waals surface area contributed by atoms with Crippen molar-refractivity contribution in [1.29, 1.82) is 0 Å². The summed E-state index contributed by atoms with van der Waals surface area (Å²) in [5.41, 5.74) is 3.03. The highest BCUT2D eigenvalue weighted by atomic mass is 32.1. The van der Waals surface area contributed by atoms with Crippen LogP contribution in [0.4, 0.5) is 0 Å². The zero-order chi connectivity index (χ0) is 10.8. The summed E-state index contributed by atoms with van der Waals surface area (Å²) in [6.07, 6.45) is 3.72. The molecule has 0 aliphatic rings. The van der Waals surface area contributed by atoms with E-state index in [0.717, 1.165) is 23.5 Å². The highest BCUT2D eigenvalue weighted by Gasteiger charge is 2.06. The van der Waals surface area contributed by atoms with Crippen LogP contribution in [0.25, 0.3) is 11.3 Å². The molecule has 0 atom stereocenters. The molecular weight excluding hydrogens is 208 g/mol. The van der Waals surface area contributed by atoms with Gasteiger partial charge < -0.3 is 4.98 Å². The summed E-state index contributed by atoms with van der Waals surface area (Å²) >= 11 is 4.98. The Labute approximate surface area is 93.0 Å². The second kappa shape index (κ2) is 3.94. The first-order chi connectivity index (χ1) is 7.20. The Hall–Kier alpha value is -1.49. The highest BCUT2D eigenvalue weighted by Crippen LogP contribution is 2.19. The van der Waals surface area contributed by atoms with Gasteiger partial charge >= 0.3 is 0 Å². The second-order valence-electron chi connectivity index (χ2n) is 3.27. The average molecular weight is 220 g/mol. The maximum absolute atomic E-state index is 4.98. The molecule has 4 nitrogen and oxygen atoms in total. The molecule has 78 valence electrons. The zero-order valence-corrected chi connectivity index (χ0v) is 9.51. The normalized spacial score (nSPS) is 10.5. The first kappa shape index (κ1) is 10.0. The van der Waals surface area contributed by atoms with Gasteiger partial charge in [-0.2, -0.15) is 5.10 Å². The Morgan fingerprint density at radius 2 is 2.33 bits per heavy atom. The van der Waals surface area contributed by atoms with E-state index in [4.69, 9.17) is 12.2 Å². The minimum atomic E-state index is 0.496. The Bertz CT molecular complexity index is 526. The molecule has 15 heavy (non-hydrogen) atoms. The van der Waals surface area contributed by atoms with E-state index in [0.29, 0.717) is 4.77 Å². The van der Waals surface area contributed by atoms with E-state index in [2.05, 4.69) is 22.0 Å². The fraction of sp³-hybridized carbons (Fsp3) is 0.300. The molecule has 0 saturated heterocycles. The van der Waals surface area contributed by atoms with Gasteiger partial charge in [-0.1, -0.05) is 0 Å². The number of nitrogens with zero attached hydrogens (tertiary/aromatic N) is 3. The molecule has 5 heteroatoms. The second-order valence-corrected chi connectivity index (χ2v) is 3.66. The van der Waals surface area contributed by atoms with Crippen molar-refractivity contribution in [1.82, 2.24) is 19.7 Å². The van der Waals surface area contributed by atoms with Gasteiger partial charge in [-0.05, 0) is 32.1 Å². The molecule has 0 saturated carbocycles. The lowest BCUT2D eigenvalue weighted by Gasteiger charge is -1.97. The fourth-order valence-corrected chi connectivity index (χ4v) is 1.64. The molecule has 2 aromatic rings. The topological polar surface area (TPSA) is 46.5 Å². The van der Waals surface area contributed by atoms with E-state index in [1.54, 1.807) is 6.20 Å². The van der Waals surface area contributed by atoms with Crippen molar-refractivity contribution < 1.29 is 0 Å². The number of hydrogen-bond acceptors (Lipinski definition) is 3. The molecule has 0 aliphatic heterocycles. The van der Waals surface area contributed by atoms with Crippen LogP contribution in [-0.2, 0) is 6.54 Å². The maximum Gasteiger partial charge on any atom is 0.197 e. The Morgan fingerprint density at radius 1 is 1.53 bits per heavy atom. The summed E-state index contributed by atoms with van der Waals surface area (Å²) in [5.74, 6) is 0. The molecular formula is C10H12N4S. The summed E-state index contributed by atoms with van der Waals surface area (Å²) < 4.78 is 2.40. The van der Waals surface area contributed by atoms with Gasteiger partial charge in [-0.3, -0.25) is 4.68 Å². The third-order valence-electron chi connectivity index (χ3n) is 2.24. The lowest BCUT2D eigenvalue weighted by molar-refractivity contribution is 0.653. The predicted octanol–water partition coefficient (Wildman–Crippen LogP) is 2.33. The van der Waals surface area contributed by atoms with Crippen LogP contribution in [0, 0.1) is 11.7 Å². The molecule has 0 aliphatic carbocycles. The number of nitrogens with one attached hydrogen (secondary N) is 1. The van der Waals surface area contributed by atoms with Crippen molar-refractivity contribution in [3.05, 3.63) is 28.9 Å². The van der Waals surface area contributed by atoms with E-state index in [9.17, 15) is 0 Å². The molecule has 1 N–H and O–H groups in total. The number of rotatable bonds is 2. The number of aromatic amines is 1. The van der Waals surface area contributed by atoms with Crippen LogP contribution in [-0.4, -0.2) is 19.7 Å². The molecule has 0 radical (unpaired) electrons. The van der Waals surface area contributed by atoms with Gasteiger partial charge in [0, 0.05) is 24.5 Å². The maximum atomic E-state index is 4.98.